The number of fused-ring (bicyclic) bond motifs is 1. The number of esters is 2. The minimum absolute atomic E-state index is 0.366. The quantitative estimate of drug-likeness (QED) is 0.469. The molecule has 1 aliphatic carbocycles. The second kappa shape index (κ2) is 8.30. The number of carbonyl (C=O) groups excluding carboxylic acids is 3. The van der Waals surface area contributed by atoms with Crippen molar-refractivity contribution in [2.24, 2.45) is 11.3 Å². The van der Waals surface area contributed by atoms with E-state index in [-0.39, 0.29) is 5.97 Å². The first-order valence-corrected chi connectivity index (χ1v) is 10.3. The van der Waals surface area contributed by atoms with E-state index in [2.05, 4.69) is 5.32 Å². The Labute approximate surface area is 175 Å². The van der Waals surface area contributed by atoms with Crippen LogP contribution in [-0.2, 0) is 19.1 Å². The maximum absolute atomic E-state index is 13.3. The molecule has 0 radical (unpaired) electrons. The Morgan fingerprint density at radius 1 is 1.00 bits per heavy atom. The number of amides is 1. The van der Waals surface area contributed by atoms with Crippen LogP contribution in [0, 0.1) is 11.3 Å². The van der Waals surface area contributed by atoms with Crippen molar-refractivity contribution >= 4 is 23.5 Å². The summed E-state index contributed by atoms with van der Waals surface area (Å²) in [6, 6.07) is 16.1. The van der Waals surface area contributed by atoms with Gasteiger partial charge in [-0.05, 0) is 31.0 Å². The molecule has 0 unspecified atom stereocenters. The van der Waals surface area contributed by atoms with Gasteiger partial charge in [-0.15, -0.1) is 0 Å². The van der Waals surface area contributed by atoms with E-state index >= 15 is 0 Å². The number of nitrogens with one attached hydrogen (secondary N) is 1. The second-order valence-electron chi connectivity index (χ2n) is 7.98. The fourth-order valence-corrected chi connectivity index (χ4v) is 4.96. The largest absolute Gasteiger partial charge is 0.469 e. The van der Waals surface area contributed by atoms with Crippen LogP contribution in [-0.4, -0.2) is 25.0 Å². The number of carbonyl (C=O) groups is 3. The van der Waals surface area contributed by atoms with E-state index in [1.54, 1.807) is 36.4 Å². The van der Waals surface area contributed by atoms with Gasteiger partial charge in [-0.25, -0.2) is 0 Å². The van der Waals surface area contributed by atoms with Crippen LogP contribution in [0.5, 0.6) is 5.75 Å². The Kier molecular flexibility index (Phi) is 5.57. The Morgan fingerprint density at radius 2 is 1.67 bits per heavy atom. The number of benzene rings is 2. The highest BCUT2D eigenvalue weighted by atomic mass is 16.5. The van der Waals surface area contributed by atoms with Crippen molar-refractivity contribution in [1.29, 1.82) is 0 Å². The van der Waals surface area contributed by atoms with Crippen molar-refractivity contribution in [1.82, 2.24) is 0 Å². The first kappa shape index (κ1) is 20.1. The summed E-state index contributed by atoms with van der Waals surface area (Å²) in [6.45, 7) is 0. The third-order valence-electron chi connectivity index (χ3n) is 6.31. The molecule has 1 saturated carbocycles. The Morgan fingerprint density at radius 3 is 2.37 bits per heavy atom. The SMILES string of the molecule is COC(=O)C1([C@H]2c3ccccc3OC(=O)[C@@H]2C(=O)Nc2ccccc2)CCCCC1. The number of anilines is 1. The lowest BCUT2D eigenvalue weighted by Gasteiger charge is -2.45. The summed E-state index contributed by atoms with van der Waals surface area (Å²) in [7, 11) is 1.37. The van der Waals surface area contributed by atoms with E-state index in [1.807, 2.05) is 18.2 Å². The summed E-state index contributed by atoms with van der Waals surface area (Å²) in [5.41, 5.74) is 0.350. The van der Waals surface area contributed by atoms with Gasteiger partial charge in [-0.2, -0.15) is 0 Å². The monoisotopic (exact) mass is 407 g/mol. The van der Waals surface area contributed by atoms with Gasteiger partial charge in [0.1, 0.15) is 11.7 Å². The number of hydrogen-bond acceptors (Lipinski definition) is 5. The lowest BCUT2D eigenvalue weighted by Crippen LogP contribution is -2.51. The molecule has 2 aromatic rings. The normalized spacial score (nSPS) is 22.4. The van der Waals surface area contributed by atoms with Gasteiger partial charge in [0.25, 0.3) is 0 Å². The Hall–Kier alpha value is -3.15. The maximum Gasteiger partial charge on any atom is 0.324 e. The average Bonchev–Trinajstić information content (AvgIpc) is 2.78. The molecule has 6 nitrogen and oxygen atoms in total. The summed E-state index contributed by atoms with van der Waals surface area (Å²) >= 11 is 0. The van der Waals surface area contributed by atoms with Gasteiger partial charge >= 0.3 is 11.9 Å². The van der Waals surface area contributed by atoms with E-state index in [9.17, 15) is 14.4 Å². The molecule has 0 aromatic heterocycles. The van der Waals surface area contributed by atoms with Gasteiger partial charge < -0.3 is 14.8 Å². The van der Waals surface area contributed by atoms with Crippen molar-refractivity contribution in [3.8, 4) is 5.75 Å². The lowest BCUT2D eigenvalue weighted by molar-refractivity contribution is -0.162. The van der Waals surface area contributed by atoms with Crippen LogP contribution in [0.3, 0.4) is 0 Å². The van der Waals surface area contributed by atoms with Gasteiger partial charge in [-0.3, -0.25) is 14.4 Å². The minimum Gasteiger partial charge on any atom is -0.469 e. The summed E-state index contributed by atoms with van der Waals surface area (Å²) < 4.78 is 10.8. The van der Waals surface area contributed by atoms with Crippen molar-refractivity contribution in [2.45, 2.75) is 38.0 Å². The number of rotatable bonds is 4. The third kappa shape index (κ3) is 3.47. The molecule has 2 aliphatic rings. The van der Waals surface area contributed by atoms with Gasteiger partial charge in [0.2, 0.25) is 5.91 Å². The van der Waals surface area contributed by atoms with Crippen LogP contribution in [0.2, 0.25) is 0 Å². The number of para-hydroxylation sites is 2. The fourth-order valence-electron chi connectivity index (χ4n) is 4.96. The van der Waals surface area contributed by atoms with Gasteiger partial charge in [0, 0.05) is 17.2 Å². The highest BCUT2D eigenvalue weighted by Crippen LogP contribution is 2.55. The summed E-state index contributed by atoms with van der Waals surface area (Å²) in [5.74, 6) is -2.86. The van der Waals surface area contributed by atoms with E-state index in [4.69, 9.17) is 9.47 Å². The predicted molar refractivity (Wildman–Crippen MR) is 111 cm³/mol. The fraction of sp³-hybridized carbons (Fsp3) is 0.375. The van der Waals surface area contributed by atoms with Crippen LogP contribution in [0.1, 0.15) is 43.6 Å². The van der Waals surface area contributed by atoms with Crippen molar-refractivity contribution in [3.63, 3.8) is 0 Å². The topological polar surface area (TPSA) is 81.7 Å². The summed E-state index contributed by atoms with van der Waals surface area (Å²) in [6.07, 6.45) is 3.84. The molecule has 1 amide bonds. The third-order valence-corrected chi connectivity index (χ3v) is 6.31. The molecule has 2 aromatic carbocycles. The molecule has 1 aliphatic heterocycles. The first-order chi connectivity index (χ1) is 14.6. The zero-order valence-electron chi connectivity index (χ0n) is 16.9. The van der Waals surface area contributed by atoms with Crippen molar-refractivity contribution < 1.29 is 23.9 Å². The first-order valence-electron chi connectivity index (χ1n) is 10.3. The van der Waals surface area contributed by atoms with E-state index in [0.717, 1.165) is 19.3 Å². The minimum atomic E-state index is -1.14. The zero-order chi connectivity index (χ0) is 21.1. The highest BCUT2D eigenvalue weighted by molar-refractivity contribution is 6.07. The summed E-state index contributed by atoms with van der Waals surface area (Å²) in [4.78, 5) is 39.5. The molecule has 1 fully saturated rings. The van der Waals surface area contributed by atoms with E-state index in [1.165, 1.54) is 7.11 Å². The summed E-state index contributed by atoms with van der Waals surface area (Å²) in [5, 5.41) is 2.82. The molecule has 0 saturated heterocycles. The molecule has 1 N–H and O–H groups in total. The standard InChI is InChI=1S/C24H25NO5/c1-29-23(28)24(14-8-3-9-15-24)20-17-12-6-7-13-18(17)30-22(27)19(20)21(26)25-16-10-4-2-5-11-16/h2,4-7,10-13,19-20H,3,8-9,14-15H2,1H3,(H,25,26)/t19-,20-/m0/s1. The van der Waals surface area contributed by atoms with Gasteiger partial charge in [0.05, 0.1) is 12.5 Å². The average molecular weight is 407 g/mol. The molecular formula is C24H25NO5. The molecule has 0 bridgehead atoms. The molecule has 30 heavy (non-hydrogen) atoms. The van der Waals surface area contributed by atoms with Gasteiger partial charge in [-0.1, -0.05) is 55.7 Å². The maximum atomic E-state index is 13.3. The molecule has 6 heteroatoms. The van der Waals surface area contributed by atoms with E-state index in [0.29, 0.717) is 29.8 Å². The molecule has 0 spiro atoms. The zero-order valence-corrected chi connectivity index (χ0v) is 16.9. The Bertz CT molecular complexity index is 949. The molecule has 1 heterocycles. The van der Waals surface area contributed by atoms with Crippen molar-refractivity contribution in [2.75, 3.05) is 12.4 Å². The number of hydrogen-bond donors (Lipinski definition) is 1. The molecule has 156 valence electrons. The second-order valence-corrected chi connectivity index (χ2v) is 7.98. The van der Waals surface area contributed by atoms with Gasteiger partial charge in [0.15, 0.2) is 0 Å². The molecule has 4 rings (SSSR count). The Balaban J connectivity index is 1.82. The van der Waals surface area contributed by atoms with E-state index < -0.39 is 29.1 Å². The smallest absolute Gasteiger partial charge is 0.324 e. The number of ether oxygens (including phenoxy) is 2. The molecule has 2 atom stereocenters. The van der Waals surface area contributed by atoms with Crippen molar-refractivity contribution in [3.05, 3.63) is 60.2 Å². The predicted octanol–water partition coefficient (Wildman–Crippen LogP) is 4.07. The van der Waals surface area contributed by atoms with Crippen LogP contribution >= 0.6 is 0 Å². The number of methoxy groups -OCH3 is 1. The molecular weight excluding hydrogens is 382 g/mol. The van der Waals surface area contributed by atoms with Crippen LogP contribution in [0.15, 0.2) is 54.6 Å². The van der Waals surface area contributed by atoms with Crippen LogP contribution in [0.25, 0.3) is 0 Å². The van der Waals surface area contributed by atoms with Crippen LogP contribution < -0.4 is 10.1 Å². The van der Waals surface area contributed by atoms with Crippen LogP contribution in [0.4, 0.5) is 5.69 Å². The highest BCUT2D eigenvalue weighted by Gasteiger charge is 2.57. The lowest BCUT2D eigenvalue weighted by atomic mass is 9.59.